The van der Waals surface area contributed by atoms with E-state index in [4.69, 9.17) is 4.52 Å². The molecule has 1 atom stereocenters. The summed E-state index contributed by atoms with van der Waals surface area (Å²) in [4.78, 5) is 14.7. The van der Waals surface area contributed by atoms with E-state index >= 15 is 0 Å². The van der Waals surface area contributed by atoms with Crippen LogP contribution in [-0.4, -0.2) is 32.6 Å². The summed E-state index contributed by atoms with van der Waals surface area (Å²) in [7, 11) is 1.87. The van der Waals surface area contributed by atoms with E-state index in [0.717, 1.165) is 55.1 Å². The van der Waals surface area contributed by atoms with Crippen molar-refractivity contribution in [3.63, 3.8) is 0 Å². The van der Waals surface area contributed by atoms with Crippen molar-refractivity contribution in [2.24, 2.45) is 7.05 Å². The molecular weight excluding hydrogens is 324 g/mol. The molecule has 0 aromatic carbocycles. The lowest BCUT2D eigenvalue weighted by Gasteiger charge is -2.30. The summed E-state index contributed by atoms with van der Waals surface area (Å²) in [5.74, 6) is 2.01. The third-order valence-electron chi connectivity index (χ3n) is 4.85. The van der Waals surface area contributed by atoms with E-state index in [9.17, 15) is 4.79 Å². The average Bonchev–Trinajstić information content (AvgIpc) is 3.20. The number of aryl methyl sites for hydroxylation is 2. The van der Waals surface area contributed by atoms with Crippen molar-refractivity contribution in [1.82, 2.24) is 14.9 Å². The second-order valence-corrected chi connectivity index (χ2v) is 7.73. The van der Waals surface area contributed by atoms with Crippen LogP contribution in [0.2, 0.25) is 0 Å². The van der Waals surface area contributed by atoms with Crippen LogP contribution in [-0.2, 0) is 30.4 Å². The molecule has 0 bridgehead atoms. The third kappa shape index (κ3) is 2.97. The van der Waals surface area contributed by atoms with Gasteiger partial charge < -0.3 is 9.42 Å². The highest BCUT2D eigenvalue weighted by atomic mass is 32.2. The number of fused-ring (bicyclic) bond motifs is 1. The molecule has 1 saturated heterocycles. The van der Waals surface area contributed by atoms with Gasteiger partial charge in [0, 0.05) is 37.5 Å². The first kappa shape index (κ1) is 15.7. The van der Waals surface area contributed by atoms with Crippen LogP contribution in [0.4, 0.5) is 5.69 Å². The van der Waals surface area contributed by atoms with Crippen molar-refractivity contribution in [3.8, 4) is 0 Å². The summed E-state index contributed by atoms with van der Waals surface area (Å²) in [6.45, 7) is 0.779. The lowest BCUT2D eigenvalue weighted by atomic mass is 9.97. The predicted octanol–water partition coefficient (Wildman–Crippen LogP) is 2.72. The molecule has 3 heterocycles. The summed E-state index contributed by atoms with van der Waals surface area (Å²) in [5, 5.41) is 8.43. The van der Waals surface area contributed by atoms with Gasteiger partial charge in [0.05, 0.1) is 22.8 Å². The number of thioether (sulfide) groups is 1. The molecular formula is C17H22N4O2S. The quantitative estimate of drug-likeness (QED) is 0.852. The van der Waals surface area contributed by atoms with Crippen LogP contribution in [0.5, 0.6) is 0 Å². The topological polar surface area (TPSA) is 64.2 Å². The molecule has 6 nitrogen and oxygen atoms in total. The van der Waals surface area contributed by atoms with Gasteiger partial charge in [0.15, 0.2) is 0 Å². The second-order valence-electron chi connectivity index (χ2n) is 6.54. The number of aromatic nitrogens is 3. The Morgan fingerprint density at radius 1 is 1.33 bits per heavy atom. The fourth-order valence-electron chi connectivity index (χ4n) is 3.54. The minimum atomic E-state index is -0.00473. The molecule has 1 unspecified atom stereocenters. The maximum atomic E-state index is 12.8. The van der Waals surface area contributed by atoms with Crippen LogP contribution in [0.25, 0.3) is 0 Å². The van der Waals surface area contributed by atoms with E-state index < -0.39 is 0 Å². The number of nitrogens with zero attached hydrogens (tertiary/aromatic N) is 4. The highest BCUT2D eigenvalue weighted by Gasteiger charge is 2.31. The summed E-state index contributed by atoms with van der Waals surface area (Å²) in [6, 6.07) is 0. The van der Waals surface area contributed by atoms with Gasteiger partial charge in [-0.2, -0.15) is 5.10 Å². The maximum absolute atomic E-state index is 12.8. The summed E-state index contributed by atoms with van der Waals surface area (Å²) in [5.41, 5.74) is 3.23. The zero-order valence-electron chi connectivity index (χ0n) is 13.9. The molecule has 1 aliphatic carbocycles. The van der Waals surface area contributed by atoms with Gasteiger partial charge in [-0.3, -0.25) is 9.48 Å². The van der Waals surface area contributed by atoms with Gasteiger partial charge in [0.1, 0.15) is 5.76 Å². The Labute approximate surface area is 145 Å². The van der Waals surface area contributed by atoms with E-state index in [1.165, 1.54) is 18.4 Å². The number of anilines is 1. The predicted molar refractivity (Wildman–Crippen MR) is 93.0 cm³/mol. The number of hydrogen-bond donors (Lipinski definition) is 0. The van der Waals surface area contributed by atoms with Crippen LogP contribution in [0.15, 0.2) is 16.9 Å². The molecule has 0 saturated carbocycles. The third-order valence-corrected chi connectivity index (χ3v) is 6.13. The molecule has 128 valence electrons. The van der Waals surface area contributed by atoms with E-state index in [-0.39, 0.29) is 11.2 Å². The van der Waals surface area contributed by atoms with E-state index in [1.807, 2.05) is 18.1 Å². The van der Waals surface area contributed by atoms with Gasteiger partial charge in [-0.1, -0.05) is 5.16 Å². The fraction of sp³-hybridized carbons (Fsp3) is 0.588. The SMILES string of the molecule is Cn1cc(N2CCCC(SCc3noc4c3CCCC4)C2=O)cn1. The van der Waals surface area contributed by atoms with E-state index in [2.05, 4.69) is 10.3 Å². The minimum absolute atomic E-state index is 0.00473. The van der Waals surface area contributed by atoms with Crippen molar-refractivity contribution >= 4 is 23.4 Å². The molecule has 24 heavy (non-hydrogen) atoms. The Hall–Kier alpha value is -1.76. The molecule has 2 aromatic rings. The largest absolute Gasteiger partial charge is 0.361 e. The number of carbonyl (C=O) groups is 1. The molecule has 2 aromatic heterocycles. The van der Waals surface area contributed by atoms with E-state index in [1.54, 1.807) is 22.6 Å². The molecule has 0 N–H and O–H groups in total. The van der Waals surface area contributed by atoms with Crippen molar-refractivity contribution < 1.29 is 9.32 Å². The van der Waals surface area contributed by atoms with Crippen LogP contribution >= 0.6 is 11.8 Å². The molecule has 0 radical (unpaired) electrons. The fourth-order valence-corrected chi connectivity index (χ4v) is 4.73. The first-order valence-electron chi connectivity index (χ1n) is 8.60. The number of hydrogen-bond acceptors (Lipinski definition) is 5. The number of carbonyl (C=O) groups excluding carboxylic acids is 1. The normalized spacial score (nSPS) is 21.1. The zero-order chi connectivity index (χ0) is 16.5. The molecule has 0 spiro atoms. The maximum Gasteiger partial charge on any atom is 0.240 e. The molecule has 7 heteroatoms. The lowest BCUT2D eigenvalue weighted by Crippen LogP contribution is -2.42. The molecule has 2 aliphatic rings. The minimum Gasteiger partial charge on any atom is -0.361 e. The van der Waals surface area contributed by atoms with Crippen molar-refractivity contribution in [1.29, 1.82) is 0 Å². The zero-order valence-corrected chi connectivity index (χ0v) is 14.7. The molecule has 1 amide bonds. The van der Waals surface area contributed by atoms with Gasteiger partial charge in [-0.05, 0) is 32.1 Å². The monoisotopic (exact) mass is 346 g/mol. The van der Waals surface area contributed by atoms with Gasteiger partial charge in [0.2, 0.25) is 5.91 Å². The second kappa shape index (κ2) is 6.63. The Morgan fingerprint density at radius 2 is 2.21 bits per heavy atom. The molecule has 1 fully saturated rings. The Bertz CT molecular complexity index is 739. The van der Waals surface area contributed by atoms with Crippen molar-refractivity contribution in [2.45, 2.75) is 49.5 Å². The van der Waals surface area contributed by atoms with Gasteiger partial charge in [0.25, 0.3) is 0 Å². The average molecular weight is 346 g/mol. The number of piperidine rings is 1. The Kier molecular flexibility index (Phi) is 4.35. The smallest absolute Gasteiger partial charge is 0.240 e. The van der Waals surface area contributed by atoms with Crippen LogP contribution in [0, 0.1) is 0 Å². The molecule has 1 aliphatic heterocycles. The summed E-state index contributed by atoms with van der Waals surface area (Å²) >= 11 is 1.70. The Morgan fingerprint density at radius 3 is 3.04 bits per heavy atom. The van der Waals surface area contributed by atoms with Crippen LogP contribution in [0.1, 0.15) is 42.7 Å². The van der Waals surface area contributed by atoms with Crippen molar-refractivity contribution in [2.75, 3.05) is 11.4 Å². The Balaban J connectivity index is 1.43. The lowest BCUT2D eigenvalue weighted by molar-refractivity contribution is -0.119. The van der Waals surface area contributed by atoms with Crippen LogP contribution < -0.4 is 4.90 Å². The standard InChI is InChI=1S/C17H22N4O2S/c1-20-10-12(9-18-20)21-8-4-7-16(17(21)22)24-11-14-13-5-2-3-6-15(13)23-19-14/h9-10,16H,2-8,11H2,1H3. The molecule has 4 rings (SSSR count). The number of rotatable bonds is 4. The van der Waals surface area contributed by atoms with E-state index in [0.29, 0.717) is 0 Å². The highest BCUT2D eigenvalue weighted by Crippen LogP contribution is 2.32. The summed E-state index contributed by atoms with van der Waals surface area (Å²) < 4.78 is 7.21. The van der Waals surface area contributed by atoms with Crippen molar-refractivity contribution in [3.05, 3.63) is 29.4 Å². The van der Waals surface area contributed by atoms with Gasteiger partial charge >= 0.3 is 0 Å². The first-order chi connectivity index (χ1) is 11.7. The van der Waals surface area contributed by atoms with Gasteiger partial charge in [-0.15, -0.1) is 11.8 Å². The highest BCUT2D eigenvalue weighted by molar-refractivity contribution is 7.99. The van der Waals surface area contributed by atoms with Gasteiger partial charge in [-0.25, -0.2) is 0 Å². The number of amides is 1. The van der Waals surface area contributed by atoms with Crippen LogP contribution in [0.3, 0.4) is 0 Å². The summed E-state index contributed by atoms with van der Waals surface area (Å²) in [6.07, 6.45) is 10.1. The first-order valence-corrected chi connectivity index (χ1v) is 9.65.